The lowest BCUT2D eigenvalue weighted by molar-refractivity contribution is 0.172. The number of anilines is 1. The van der Waals surface area contributed by atoms with Crippen molar-refractivity contribution in [3.05, 3.63) is 42.5 Å². The van der Waals surface area contributed by atoms with Crippen molar-refractivity contribution >= 4 is 35.6 Å². The van der Waals surface area contributed by atoms with Gasteiger partial charge in [-0.3, -0.25) is 4.99 Å². The molecule has 2 N–H and O–H groups in total. The molecule has 8 heteroatoms. The second-order valence-electron chi connectivity index (χ2n) is 6.66. The third-order valence-electron chi connectivity index (χ3n) is 3.86. The normalized spacial score (nSPS) is 11.2. The number of nitrogens with zero attached hydrogens (tertiary/aromatic N) is 3. The zero-order chi connectivity index (χ0) is 19.5. The molecule has 0 spiro atoms. The summed E-state index contributed by atoms with van der Waals surface area (Å²) in [5.74, 6) is 3.06. The Morgan fingerprint density at radius 2 is 2.11 bits per heavy atom. The second-order valence-corrected chi connectivity index (χ2v) is 6.66. The number of hydrogen-bond donors (Lipinski definition) is 2. The molecule has 156 valence electrons. The van der Waals surface area contributed by atoms with Gasteiger partial charge in [-0.05, 0) is 18.1 Å². The molecule has 0 radical (unpaired) electrons. The highest BCUT2D eigenvalue weighted by Gasteiger charge is 2.07. The first-order chi connectivity index (χ1) is 13.1. The van der Waals surface area contributed by atoms with Crippen LogP contribution in [0, 0.1) is 5.92 Å². The van der Waals surface area contributed by atoms with Crippen LogP contribution in [0.5, 0.6) is 5.75 Å². The molecule has 0 amide bonds. The Labute approximate surface area is 185 Å². The van der Waals surface area contributed by atoms with E-state index in [9.17, 15) is 0 Å². The number of aliphatic imine (C=N–C) groups is 1. The van der Waals surface area contributed by atoms with Crippen LogP contribution in [0.3, 0.4) is 0 Å². The maximum atomic E-state index is 5.74. The first kappa shape index (κ1) is 24.2. The minimum atomic E-state index is 0. The summed E-state index contributed by atoms with van der Waals surface area (Å²) in [5, 5.41) is 6.60. The van der Waals surface area contributed by atoms with Gasteiger partial charge in [-0.1, -0.05) is 19.9 Å². The number of rotatable bonds is 10. The SMILES string of the molecule is CN=C(NCc1nccn1CC(C)C)Nc1cccc(OCCCOC)c1.I. The number of guanidine groups is 1. The topological polar surface area (TPSA) is 72.7 Å². The maximum absolute atomic E-state index is 5.74. The number of aromatic nitrogens is 2. The smallest absolute Gasteiger partial charge is 0.195 e. The van der Waals surface area contributed by atoms with Crippen molar-refractivity contribution in [1.82, 2.24) is 14.9 Å². The number of methoxy groups -OCH3 is 1. The van der Waals surface area contributed by atoms with Gasteiger partial charge in [-0.2, -0.15) is 0 Å². The highest BCUT2D eigenvalue weighted by molar-refractivity contribution is 14.0. The lowest BCUT2D eigenvalue weighted by Crippen LogP contribution is -2.31. The number of ether oxygens (including phenoxy) is 2. The van der Waals surface area contributed by atoms with E-state index in [-0.39, 0.29) is 24.0 Å². The largest absolute Gasteiger partial charge is 0.493 e. The predicted molar refractivity (Wildman–Crippen MR) is 125 cm³/mol. The average molecular weight is 501 g/mol. The van der Waals surface area contributed by atoms with Crippen molar-refractivity contribution in [2.75, 3.05) is 32.7 Å². The van der Waals surface area contributed by atoms with E-state index >= 15 is 0 Å². The summed E-state index contributed by atoms with van der Waals surface area (Å²) in [6, 6.07) is 7.83. The van der Waals surface area contributed by atoms with Gasteiger partial charge in [0.25, 0.3) is 0 Å². The molecular weight excluding hydrogens is 469 g/mol. The molecule has 0 fully saturated rings. The standard InChI is InChI=1S/C20H31N5O2.HI/c1-16(2)15-25-10-9-22-19(25)14-23-20(21-3)24-17-7-5-8-18(13-17)27-12-6-11-26-4;/h5,7-10,13,16H,6,11-12,14-15H2,1-4H3,(H2,21,23,24);1H. The maximum Gasteiger partial charge on any atom is 0.195 e. The van der Waals surface area contributed by atoms with Crippen LogP contribution in [0.15, 0.2) is 41.7 Å². The van der Waals surface area contributed by atoms with Gasteiger partial charge < -0.3 is 24.7 Å². The summed E-state index contributed by atoms with van der Waals surface area (Å²) in [5.41, 5.74) is 0.915. The van der Waals surface area contributed by atoms with Gasteiger partial charge in [0.05, 0.1) is 13.2 Å². The summed E-state index contributed by atoms with van der Waals surface area (Å²) in [4.78, 5) is 8.72. The molecule has 2 rings (SSSR count). The Hall–Kier alpha value is -1.81. The lowest BCUT2D eigenvalue weighted by Gasteiger charge is -2.14. The van der Waals surface area contributed by atoms with E-state index in [2.05, 4.69) is 39.0 Å². The van der Waals surface area contributed by atoms with Crippen LogP contribution in [0.4, 0.5) is 5.69 Å². The van der Waals surface area contributed by atoms with Gasteiger partial charge in [0, 0.05) is 57.9 Å². The number of halogens is 1. The van der Waals surface area contributed by atoms with E-state index in [4.69, 9.17) is 9.47 Å². The highest BCUT2D eigenvalue weighted by atomic mass is 127. The fraction of sp³-hybridized carbons (Fsp3) is 0.500. The van der Waals surface area contributed by atoms with Crippen molar-refractivity contribution < 1.29 is 9.47 Å². The molecule has 1 aromatic carbocycles. The molecule has 28 heavy (non-hydrogen) atoms. The molecule has 0 aliphatic carbocycles. The molecule has 1 aromatic heterocycles. The molecule has 2 aromatic rings. The number of nitrogens with one attached hydrogen (secondary N) is 2. The zero-order valence-electron chi connectivity index (χ0n) is 17.1. The fourth-order valence-corrected chi connectivity index (χ4v) is 2.60. The van der Waals surface area contributed by atoms with Crippen molar-refractivity contribution in [2.45, 2.75) is 33.4 Å². The van der Waals surface area contributed by atoms with Crippen molar-refractivity contribution in [3.63, 3.8) is 0 Å². The van der Waals surface area contributed by atoms with Crippen LogP contribution in [-0.2, 0) is 17.8 Å². The van der Waals surface area contributed by atoms with Gasteiger partial charge in [-0.25, -0.2) is 4.98 Å². The third kappa shape index (κ3) is 8.47. The molecular formula is C20H32IN5O2. The van der Waals surface area contributed by atoms with E-state index in [0.29, 0.717) is 31.6 Å². The van der Waals surface area contributed by atoms with Crippen LogP contribution in [0.1, 0.15) is 26.1 Å². The Morgan fingerprint density at radius 1 is 1.29 bits per heavy atom. The quantitative estimate of drug-likeness (QED) is 0.225. The van der Waals surface area contributed by atoms with Crippen LogP contribution in [-0.4, -0.2) is 42.9 Å². The van der Waals surface area contributed by atoms with Gasteiger partial charge in [0.1, 0.15) is 11.6 Å². The Bertz CT molecular complexity index is 718. The van der Waals surface area contributed by atoms with E-state index in [0.717, 1.165) is 30.2 Å². The van der Waals surface area contributed by atoms with Gasteiger partial charge >= 0.3 is 0 Å². The highest BCUT2D eigenvalue weighted by Crippen LogP contribution is 2.17. The minimum Gasteiger partial charge on any atom is -0.493 e. The summed E-state index contributed by atoms with van der Waals surface area (Å²) in [6.07, 6.45) is 4.71. The summed E-state index contributed by atoms with van der Waals surface area (Å²) >= 11 is 0. The molecule has 0 bridgehead atoms. The van der Waals surface area contributed by atoms with E-state index in [1.54, 1.807) is 14.2 Å². The van der Waals surface area contributed by atoms with Crippen LogP contribution in [0.25, 0.3) is 0 Å². The summed E-state index contributed by atoms with van der Waals surface area (Å²) in [6.45, 7) is 7.27. The van der Waals surface area contributed by atoms with Crippen LogP contribution >= 0.6 is 24.0 Å². The second kappa shape index (κ2) is 13.4. The number of imidazole rings is 1. The first-order valence-electron chi connectivity index (χ1n) is 9.32. The Balaban J connectivity index is 0.00000392. The Morgan fingerprint density at radius 3 is 2.82 bits per heavy atom. The molecule has 0 aliphatic heterocycles. The molecule has 0 saturated carbocycles. The van der Waals surface area contributed by atoms with Crippen molar-refractivity contribution in [1.29, 1.82) is 0 Å². The number of hydrogen-bond acceptors (Lipinski definition) is 4. The molecule has 0 aliphatic rings. The number of benzene rings is 1. The van der Waals surface area contributed by atoms with Crippen molar-refractivity contribution in [2.24, 2.45) is 10.9 Å². The molecule has 0 atom stereocenters. The average Bonchev–Trinajstić information content (AvgIpc) is 3.09. The van der Waals surface area contributed by atoms with E-state index in [1.165, 1.54) is 0 Å². The molecule has 1 heterocycles. The fourth-order valence-electron chi connectivity index (χ4n) is 2.60. The van der Waals surface area contributed by atoms with Crippen LogP contribution in [0.2, 0.25) is 0 Å². The first-order valence-corrected chi connectivity index (χ1v) is 9.32. The Kier molecular flexibility index (Phi) is 11.6. The van der Waals surface area contributed by atoms with Crippen molar-refractivity contribution in [3.8, 4) is 5.75 Å². The third-order valence-corrected chi connectivity index (χ3v) is 3.86. The molecule has 7 nitrogen and oxygen atoms in total. The molecule has 0 unspecified atom stereocenters. The van der Waals surface area contributed by atoms with Gasteiger partial charge in [0.15, 0.2) is 5.96 Å². The summed E-state index contributed by atoms with van der Waals surface area (Å²) < 4.78 is 12.9. The van der Waals surface area contributed by atoms with Gasteiger partial charge in [0.2, 0.25) is 0 Å². The molecule has 0 saturated heterocycles. The zero-order valence-corrected chi connectivity index (χ0v) is 19.5. The van der Waals surface area contributed by atoms with E-state index < -0.39 is 0 Å². The van der Waals surface area contributed by atoms with Crippen LogP contribution < -0.4 is 15.4 Å². The van der Waals surface area contributed by atoms with E-state index in [1.807, 2.05) is 36.7 Å². The monoisotopic (exact) mass is 501 g/mol. The summed E-state index contributed by atoms with van der Waals surface area (Å²) in [7, 11) is 3.44. The lowest BCUT2D eigenvalue weighted by atomic mass is 10.2. The van der Waals surface area contributed by atoms with Gasteiger partial charge in [-0.15, -0.1) is 24.0 Å². The minimum absolute atomic E-state index is 0. The predicted octanol–water partition coefficient (Wildman–Crippen LogP) is 3.76.